The zero-order chi connectivity index (χ0) is 9.19. The third-order valence-corrected chi connectivity index (χ3v) is 2.65. The van der Waals surface area contributed by atoms with Crippen molar-refractivity contribution >= 4 is 0 Å². The minimum atomic E-state index is -0.0314. The third kappa shape index (κ3) is 3.11. The Morgan fingerprint density at radius 2 is 1.75 bits per heavy atom. The Kier molecular flexibility index (Phi) is 3.13. The molecule has 0 saturated heterocycles. The van der Waals surface area contributed by atoms with Gasteiger partial charge in [0.15, 0.2) is 0 Å². The van der Waals surface area contributed by atoms with Crippen LogP contribution in [0, 0.1) is 5.92 Å². The summed E-state index contributed by atoms with van der Waals surface area (Å²) in [6, 6.07) is 0. The number of aliphatic hydroxyl groups is 1. The molecule has 72 valence electrons. The highest BCUT2D eigenvalue weighted by Gasteiger charge is 2.27. The molecule has 1 N–H and O–H groups in total. The van der Waals surface area contributed by atoms with Gasteiger partial charge in [0.1, 0.15) is 0 Å². The summed E-state index contributed by atoms with van der Waals surface area (Å²) in [7, 11) is 6.59. The maximum Gasteiger partial charge on any atom is 0.0834 e. The average Bonchev–Trinajstić information content (AvgIpc) is 1.91. The molecule has 2 nitrogen and oxygen atoms in total. The fraction of sp³-hybridized carbons (Fsp3) is 1.00. The fourth-order valence-electron chi connectivity index (χ4n) is 2.10. The van der Waals surface area contributed by atoms with Gasteiger partial charge in [0.25, 0.3) is 0 Å². The normalized spacial score (nSPS) is 32.0. The van der Waals surface area contributed by atoms with Gasteiger partial charge >= 0.3 is 0 Å². The van der Waals surface area contributed by atoms with Crippen LogP contribution in [0.25, 0.3) is 0 Å². The second kappa shape index (κ2) is 3.75. The lowest BCUT2D eigenvalue weighted by Crippen LogP contribution is -2.43. The molecule has 12 heavy (non-hydrogen) atoms. The van der Waals surface area contributed by atoms with Gasteiger partial charge in [-0.1, -0.05) is 12.8 Å². The zero-order valence-electron chi connectivity index (χ0n) is 8.58. The van der Waals surface area contributed by atoms with Crippen LogP contribution in [0.15, 0.2) is 0 Å². The molecule has 0 aliphatic heterocycles. The monoisotopic (exact) mass is 172 g/mol. The molecule has 1 rings (SSSR count). The first-order valence-electron chi connectivity index (χ1n) is 4.97. The van der Waals surface area contributed by atoms with Crippen LogP contribution < -0.4 is 0 Å². The van der Waals surface area contributed by atoms with Crippen molar-refractivity contribution in [2.24, 2.45) is 5.92 Å². The molecule has 0 spiro atoms. The largest absolute Gasteiger partial charge is 0.393 e. The van der Waals surface area contributed by atoms with E-state index in [2.05, 4.69) is 21.1 Å². The molecule has 1 saturated carbocycles. The molecule has 1 aliphatic carbocycles. The van der Waals surface area contributed by atoms with Gasteiger partial charge in [0, 0.05) is 5.92 Å². The molecule has 0 aromatic heterocycles. The molecule has 1 aliphatic rings. The molecule has 0 bridgehead atoms. The number of hydrogen-bond donors (Lipinski definition) is 1. The lowest BCUT2D eigenvalue weighted by atomic mass is 9.86. The molecule has 1 fully saturated rings. The maximum atomic E-state index is 9.72. The van der Waals surface area contributed by atoms with Crippen LogP contribution in [0.1, 0.15) is 25.7 Å². The summed E-state index contributed by atoms with van der Waals surface area (Å²) in [6.45, 7) is 1.11. The van der Waals surface area contributed by atoms with E-state index in [0.717, 1.165) is 17.4 Å². The van der Waals surface area contributed by atoms with Gasteiger partial charge < -0.3 is 9.59 Å². The smallest absolute Gasteiger partial charge is 0.0834 e. The highest BCUT2D eigenvalue weighted by atomic mass is 16.3. The van der Waals surface area contributed by atoms with Gasteiger partial charge in [-0.05, 0) is 12.8 Å². The molecule has 2 heteroatoms. The van der Waals surface area contributed by atoms with E-state index in [-0.39, 0.29) is 6.10 Å². The van der Waals surface area contributed by atoms with E-state index in [4.69, 9.17) is 0 Å². The molecule has 0 aromatic rings. The predicted octanol–water partition coefficient (Wildman–Crippen LogP) is 1.24. The highest BCUT2D eigenvalue weighted by molar-refractivity contribution is 4.73. The average molecular weight is 172 g/mol. The van der Waals surface area contributed by atoms with E-state index in [1.54, 1.807) is 0 Å². The van der Waals surface area contributed by atoms with Gasteiger partial charge in [0.05, 0.1) is 33.8 Å². The Morgan fingerprint density at radius 3 is 2.25 bits per heavy atom. The highest BCUT2D eigenvalue weighted by Crippen LogP contribution is 2.25. The molecule has 2 atom stereocenters. The number of hydrogen-bond acceptors (Lipinski definition) is 1. The molecule has 0 heterocycles. The van der Waals surface area contributed by atoms with E-state index in [1.807, 2.05) is 0 Å². The van der Waals surface area contributed by atoms with Crippen LogP contribution in [0.2, 0.25) is 0 Å². The Bertz CT molecular complexity index is 139. The first-order chi connectivity index (χ1) is 5.49. The van der Waals surface area contributed by atoms with E-state index >= 15 is 0 Å². The number of quaternary nitrogens is 1. The molecule has 0 unspecified atom stereocenters. The van der Waals surface area contributed by atoms with Crippen molar-refractivity contribution in [3.63, 3.8) is 0 Å². The quantitative estimate of drug-likeness (QED) is 0.621. The van der Waals surface area contributed by atoms with Crippen molar-refractivity contribution in [2.75, 3.05) is 27.7 Å². The number of rotatable bonds is 2. The van der Waals surface area contributed by atoms with Crippen LogP contribution in [-0.4, -0.2) is 43.4 Å². The van der Waals surface area contributed by atoms with Gasteiger partial charge in [-0.15, -0.1) is 0 Å². The van der Waals surface area contributed by atoms with Crippen molar-refractivity contribution in [3.05, 3.63) is 0 Å². The maximum absolute atomic E-state index is 9.72. The lowest BCUT2D eigenvalue weighted by molar-refractivity contribution is -0.874. The van der Waals surface area contributed by atoms with Crippen molar-refractivity contribution in [3.8, 4) is 0 Å². The van der Waals surface area contributed by atoms with Crippen molar-refractivity contribution in [2.45, 2.75) is 31.8 Å². The minimum Gasteiger partial charge on any atom is -0.393 e. The minimum absolute atomic E-state index is 0.0314. The van der Waals surface area contributed by atoms with Crippen LogP contribution in [-0.2, 0) is 0 Å². The standard InChI is InChI=1S/C10H22NO/c1-11(2,3)8-9-6-4-5-7-10(9)12/h9-10,12H,4-8H2,1-3H3/q+1/t9-,10+/m0/s1. The molecule has 0 amide bonds. The van der Waals surface area contributed by atoms with E-state index < -0.39 is 0 Å². The molecular formula is C10H22NO+. The van der Waals surface area contributed by atoms with Gasteiger partial charge in [-0.3, -0.25) is 0 Å². The lowest BCUT2D eigenvalue weighted by Gasteiger charge is -2.34. The second-order valence-corrected chi connectivity index (χ2v) is 5.08. The SMILES string of the molecule is C[N+](C)(C)C[C@@H]1CCCC[C@H]1O. The van der Waals surface area contributed by atoms with Crippen molar-refractivity contribution in [1.82, 2.24) is 0 Å². The van der Waals surface area contributed by atoms with Crippen LogP contribution in [0.3, 0.4) is 0 Å². The first kappa shape index (κ1) is 10.0. The van der Waals surface area contributed by atoms with E-state index in [1.165, 1.54) is 19.3 Å². The Hall–Kier alpha value is -0.0800. The number of aliphatic hydroxyl groups excluding tert-OH is 1. The third-order valence-electron chi connectivity index (χ3n) is 2.65. The Balaban J connectivity index is 2.39. The molecular weight excluding hydrogens is 150 g/mol. The van der Waals surface area contributed by atoms with E-state index in [0.29, 0.717) is 5.92 Å². The summed E-state index contributed by atoms with van der Waals surface area (Å²) in [6.07, 6.45) is 4.73. The molecule has 0 aromatic carbocycles. The summed E-state index contributed by atoms with van der Waals surface area (Å²) in [5.74, 6) is 0.541. The van der Waals surface area contributed by atoms with Crippen LogP contribution >= 0.6 is 0 Å². The summed E-state index contributed by atoms with van der Waals surface area (Å²) >= 11 is 0. The van der Waals surface area contributed by atoms with Crippen molar-refractivity contribution < 1.29 is 9.59 Å². The Labute approximate surface area is 75.8 Å². The van der Waals surface area contributed by atoms with Crippen LogP contribution in [0.4, 0.5) is 0 Å². The predicted molar refractivity (Wildman–Crippen MR) is 50.9 cm³/mol. The van der Waals surface area contributed by atoms with Gasteiger partial charge in [-0.25, -0.2) is 0 Å². The molecule has 0 radical (unpaired) electrons. The first-order valence-corrected chi connectivity index (χ1v) is 4.97. The van der Waals surface area contributed by atoms with Crippen LogP contribution in [0.5, 0.6) is 0 Å². The van der Waals surface area contributed by atoms with Crippen molar-refractivity contribution in [1.29, 1.82) is 0 Å². The summed E-state index contributed by atoms with van der Waals surface area (Å²) in [4.78, 5) is 0. The Morgan fingerprint density at radius 1 is 1.17 bits per heavy atom. The second-order valence-electron chi connectivity index (χ2n) is 5.08. The summed E-state index contributed by atoms with van der Waals surface area (Å²) < 4.78 is 0.974. The zero-order valence-corrected chi connectivity index (χ0v) is 8.58. The van der Waals surface area contributed by atoms with Gasteiger partial charge in [-0.2, -0.15) is 0 Å². The fourth-order valence-corrected chi connectivity index (χ4v) is 2.10. The summed E-state index contributed by atoms with van der Waals surface area (Å²) in [5, 5.41) is 9.72. The van der Waals surface area contributed by atoms with E-state index in [9.17, 15) is 5.11 Å². The number of nitrogens with zero attached hydrogens (tertiary/aromatic N) is 1. The topological polar surface area (TPSA) is 20.2 Å². The van der Waals surface area contributed by atoms with Gasteiger partial charge in [0.2, 0.25) is 0 Å². The summed E-state index contributed by atoms with van der Waals surface area (Å²) in [5.41, 5.74) is 0.